The van der Waals surface area contributed by atoms with Gasteiger partial charge in [0.1, 0.15) is 0 Å². The summed E-state index contributed by atoms with van der Waals surface area (Å²) in [5.41, 5.74) is 3.20. The minimum atomic E-state index is -4.31. The Morgan fingerprint density at radius 2 is 1.73 bits per heavy atom. The molecule has 1 aliphatic heterocycles. The maximum atomic E-state index is 13.0. The van der Waals surface area contributed by atoms with Crippen LogP contribution in [0.2, 0.25) is 0 Å². The Morgan fingerprint density at radius 3 is 2.40 bits per heavy atom. The highest BCUT2D eigenvalue weighted by molar-refractivity contribution is 5.56. The second-order valence-electron chi connectivity index (χ2n) is 7.58. The molecule has 1 fully saturated rings. The van der Waals surface area contributed by atoms with Crippen LogP contribution in [0.25, 0.3) is 5.82 Å². The van der Waals surface area contributed by atoms with Crippen molar-refractivity contribution in [2.45, 2.75) is 26.6 Å². The monoisotopic (exact) mass is 415 g/mol. The first kappa shape index (κ1) is 20.4. The summed E-state index contributed by atoms with van der Waals surface area (Å²) in [6.45, 7) is 7.72. The predicted molar refractivity (Wildman–Crippen MR) is 110 cm³/mol. The number of hydrogen-bond acceptors (Lipinski definition) is 4. The minimum Gasteiger partial charge on any atom is -0.366 e. The van der Waals surface area contributed by atoms with Crippen molar-refractivity contribution in [3.05, 3.63) is 71.2 Å². The fourth-order valence-electron chi connectivity index (χ4n) is 4.03. The lowest BCUT2D eigenvalue weighted by Gasteiger charge is -2.36. The maximum Gasteiger partial charge on any atom is 0.416 e. The normalized spacial score (nSPS) is 15.6. The van der Waals surface area contributed by atoms with Gasteiger partial charge in [-0.1, -0.05) is 24.3 Å². The van der Waals surface area contributed by atoms with E-state index >= 15 is 0 Å². The number of nitrogens with zero attached hydrogens (tertiary/aromatic N) is 5. The van der Waals surface area contributed by atoms with E-state index < -0.39 is 11.7 Å². The first-order valence-electron chi connectivity index (χ1n) is 9.94. The van der Waals surface area contributed by atoms with E-state index in [0.717, 1.165) is 55.1 Å². The fraction of sp³-hybridized carbons (Fsp3) is 0.364. The number of halogens is 3. The van der Waals surface area contributed by atoms with Crippen LogP contribution in [0.1, 0.15) is 22.5 Å². The summed E-state index contributed by atoms with van der Waals surface area (Å²) < 4.78 is 40.7. The van der Waals surface area contributed by atoms with E-state index in [0.29, 0.717) is 12.1 Å². The second kappa shape index (κ2) is 8.10. The number of anilines is 1. The number of hydrogen-bond donors (Lipinski definition) is 0. The van der Waals surface area contributed by atoms with Crippen LogP contribution in [0, 0.1) is 13.8 Å². The zero-order valence-electron chi connectivity index (χ0n) is 17.0. The molecule has 2 aromatic heterocycles. The van der Waals surface area contributed by atoms with E-state index in [4.69, 9.17) is 0 Å². The molecule has 3 heterocycles. The Balaban J connectivity index is 1.44. The van der Waals surface area contributed by atoms with Gasteiger partial charge < -0.3 is 4.90 Å². The Labute approximate surface area is 173 Å². The molecule has 0 aliphatic carbocycles. The first-order valence-corrected chi connectivity index (χ1v) is 9.94. The van der Waals surface area contributed by atoms with Gasteiger partial charge >= 0.3 is 6.18 Å². The van der Waals surface area contributed by atoms with E-state index in [1.54, 1.807) is 12.3 Å². The highest BCUT2D eigenvalue weighted by Crippen LogP contribution is 2.30. The zero-order valence-corrected chi connectivity index (χ0v) is 17.0. The van der Waals surface area contributed by atoms with Crippen LogP contribution >= 0.6 is 0 Å². The lowest BCUT2D eigenvalue weighted by molar-refractivity contribution is -0.137. The van der Waals surface area contributed by atoms with Crippen molar-refractivity contribution < 1.29 is 13.2 Å². The second-order valence-corrected chi connectivity index (χ2v) is 7.58. The zero-order chi connectivity index (χ0) is 21.3. The molecule has 30 heavy (non-hydrogen) atoms. The van der Waals surface area contributed by atoms with E-state index in [-0.39, 0.29) is 0 Å². The van der Waals surface area contributed by atoms with Crippen molar-refractivity contribution in [2.75, 3.05) is 31.1 Å². The molecule has 8 heteroatoms. The van der Waals surface area contributed by atoms with Crippen molar-refractivity contribution >= 4 is 5.69 Å². The van der Waals surface area contributed by atoms with Crippen molar-refractivity contribution in [3.63, 3.8) is 0 Å². The highest BCUT2D eigenvalue weighted by Gasteiger charge is 2.30. The third-order valence-electron chi connectivity index (χ3n) is 5.47. The van der Waals surface area contributed by atoms with Crippen molar-refractivity contribution in [1.29, 1.82) is 0 Å². The molecule has 0 atom stereocenters. The number of benzene rings is 1. The quantitative estimate of drug-likeness (QED) is 0.639. The van der Waals surface area contributed by atoms with Crippen molar-refractivity contribution in [2.24, 2.45) is 0 Å². The molecule has 0 bridgehead atoms. The van der Waals surface area contributed by atoms with Gasteiger partial charge in [-0.25, -0.2) is 9.67 Å². The van der Waals surface area contributed by atoms with E-state index in [2.05, 4.69) is 19.9 Å². The molecule has 3 aromatic rings. The molecule has 4 rings (SSSR count). The minimum absolute atomic E-state index is 0.517. The molecule has 1 aliphatic rings. The third-order valence-corrected chi connectivity index (χ3v) is 5.47. The molecule has 0 amide bonds. The smallest absolute Gasteiger partial charge is 0.366 e. The molecular formula is C22H24F3N5. The highest BCUT2D eigenvalue weighted by atomic mass is 19.4. The predicted octanol–water partition coefficient (Wildman–Crippen LogP) is 4.23. The average molecular weight is 415 g/mol. The topological polar surface area (TPSA) is 37.2 Å². The standard InChI is InChI=1S/C22H24F3N5/c1-16-21(17(2)30(27-16)20-8-3-4-9-26-20)29-12-10-28(11-13-29)15-18-6-5-7-19(14-18)22(23,24)25/h3-9,14H,10-13,15H2,1-2H3. The Kier molecular flexibility index (Phi) is 5.51. The first-order chi connectivity index (χ1) is 14.3. The molecule has 158 valence electrons. The molecule has 0 unspecified atom stereocenters. The van der Waals surface area contributed by atoms with Crippen LogP contribution in [0.15, 0.2) is 48.7 Å². The largest absolute Gasteiger partial charge is 0.416 e. The average Bonchev–Trinajstić information content (AvgIpc) is 3.03. The van der Waals surface area contributed by atoms with Crippen LogP contribution in [-0.2, 0) is 12.7 Å². The Hall–Kier alpha value is -2.87. The summed E-state index contributed by atoms with van der Waals surface area (Å²) >= 11 is 0. The lowest BCUT2D eigenvalue weighted by atomic mass is 10.1. The summed E-state index contributed by atoms with van der Waals surface area (Å²) in [5, 5.41) is 4.67. The van der Waals surface area contributed by atoms with Gasteiger partial charge in [0.25, 0.3) is 0 Å². The van der Waals surface area contributed by atoms with Crippen LogP contribution in [-0.4, -0.2) is 45.8 Å². The third kappa shape index (κ3) is 4.18. The van der Waals surface area contributed by atoms with Crippen molar-refractivity contribution in [1.82, 2.24) is 19.7 Å². The fourth-order valence-corrected chi connectivity index (χ4v) is 4.03. The molecular weight excluding hydrogens is 391 g/mol. The molecule has 0 radical (unpaired) electrons. The summed E-state index contributed by atoms with van der Waals surface area (Å²) in [5.74, 6) is 0.785. The number of piperazine rings is 1. The maximum absolute atomic E-state index is 13.0. The van der Waals surface area contributed by atoms with Crippen LogP contribution in [0.3, 0.4) is 0 Å². The van der Waals surface area contributed by atoms with Gasteiger partial charge in [0.15, 0.2) is 5.82 Å². The van der Waals surface area contributed by atoms with E-state index in [9.17, 15) is 13.2 Å². The number of pyridine rings is 1. The van der Waals surface area contributed by atoms with Gasteiger partial charge in [-0.15, -0.1) is 0 Å². The molecule has 5 nitrogen and oxygen atoms in total. The molecule has 0 spiro atoms. The Bertz CT molecular complexity index is 1010. The molecule has 0 N–H and O–H groups in total. The summed E-state index contributed by atoms with van der Waals surface area (Å²) in [4.78, 5) is 8.89. The van der Waals surface area contributed by atoms with Gasteiger partial charge in [0.2, 0.25) is 0 Å². The number of alkyl halides is 3. The van der Waals surface area contributed by atoms with Crippen LogP contribution in [0.5, 0.6) is 0 Å². The molecule has 0 saturated carbocycles. The number of aromatic nitrogens is 3. The van der Waals surface area contributed by atoms with Gasteiger partial charge in [-0.05, 0) is 37.6 Å². The summed E-state index contributed by atoms with van der Waals surface area (Å²) in [6, 6.07) is 11.3. The van der Waals surface area contributed by atoms with Gasteiger partial charge in [0.05, 0.1) is 22.6 Å². The number of aryl methyl sites for hydroxylation is 1. The number of rotatable bonds is 4. The SMILES string of the molecule is Cc1nn(-c2ccccn2)c(C)c1N1CCN(Cc2cccc(C(F)(F)F)c2)CC1. The summed E-state index contributed by atoms with van der Waals surface area (Å²) in [6.07, 6.45) is -2.56. The van der Waals surface area contributed by atoms with Gasteiger partial charge in [0, 0.05) is 38.9 Å². The van der Waals surface area contributed by atoms with Gasteiger partial charge in [-0.2, -0.15) is 18.3 Å². The van der Waals surface area contributed by atoms with Crippen LogP contribution in [0.4, 0.5) is 18.9 Å². The van der Waals surface area contributed by atoms with E-state index in [1.165, 1.54) is 12.1 Å². The van der Waals surface area contributed by atoms with E-state index in [1.807, 2.05) is 36.7 Å². The lowest BCUT2D eigenvalue weighted by Crippen LogP contribution is -2.46. The Morgan fingerprint density at radius 1 is 0.967 bits per heavy atom. The summed E-state index contributed by atoms with van der Waals surface area (Å²) in [7, 11) is 0. The van der Waals surface area contributed by atoms with Crippen LogP contribution < -0.4 is 4.90 Å². The van der Waals surface area contributed by atoms with Crippen molar-refractivity contribution in [3.8, 4) is 5.82 Å². The van der Waals surface area contributed by atoms with Gasteiger partial charge in [-0.3, -0.25) is 4.90 Å². The molecule has 1 aromatic carbocycles. The molecule has 1 saturated heterocycles.